The zero-order valence-electron chi connectivity index (χ0n) is 19.1. The Bertz CT molecular complexity index is 1530. The first-order valence-corrected chi connectivity index (χ1v) is 11.6. The van der Waals surface area contributed by atoms with Gasteiger partial charge in [-0.1, -0.05) is 42.5 Å². The summed E-state index contributed by atoms with van der Waals surface area (Å²) in [6, 6.07) is 18.4. The fourth-order valence-electron chi connectivity index (χ4n) is 5.42. The number of halogens is 1. The Balaban J connectivity index is 1.46. The summed E-state index contributed by atoms with van der Waals surface area (Å²) in [5.41, 5.74) is 3.77. The van der Waals surface area contributed by atoms with Crippen LogP contribution in [0.15, 0.2) is 72.8 Å². The van der Waals surface area contributed by atoms with Crippen molar-refractivity contribution in [2.45, 2.75) is 25.0 Å². The Morgan fingerprint density at radius 3 is 2.58 bits per heavy atom. The van der Waals surface area contributed by atoms with E-state index >= 15 is 0 Å². The van der Waals surface area contributed by atoms with Gasteiger partial charge in [-0.3, -0.25) is 19.7 Å². The number of hydrogen-bond acceptors (Lipinski definition) is 4. The van der Waals surface area contributed by atoms with Gasteiger partial charge < -0.3 is 14.8 Å². The number of carbonyl (C=O) groups is 2. The number of nitro groups is 1. The van der Waals surface area contributed by atoms with Gasteiger partial charge in [-0.05, 0) is 34.9 Å². The summed E-state index contributed by atoms with van der Waals surface area (Å²) in [5.74, 6) is -0.822. The van der Waals surface area contributed by atoms with E-state index in [0.717, 1.165) is 27.7 Å². The van der Waals surface area contributed by atoms with Crippen LogP contribution in [0, 0.1) is 15.9 Å². The lowest BCUT2D eigenvalue weighted by molar-refractivity contribution is -0.384. The van der Waals surface area contributed by atoms with Gasteiger partial charge in [0.15, 0.2) is 0 Å². The van der Waals surface area contributed by atoms with Crippen LogP contribution < -0.4 is 0 Å². The Morgan fingerprint density at radius 2 is 1.81 bits per heavy atom. The molecule has 36 heavy (non-hydrogen) atoms. The highest BCUT2D eigenvalue weighted by atomic mass is 19.1. The number of hydrogen-bond donors (Lipinski definition) is 1. The number of rotatable bonds is 4. The molecule has 3 aromatic carbocycles. The summed E-state index contributed by atoms with van der Waals surface area (Å²) in [4.78, 5) is 44.8. The van der Waals surface area contributed by atoms with Crippen LogP contribution in [0.5, 0.6) is 0 Å². The SMILES string of the molecule is O=C1[C@H]2Cc3c([nH]c4ccccc34)[C@@H](c3cccc([N+](=O)[O-])c3)N2C(=O)CN1Cc1ccc(F)cc1. The van der Waals surface area contributed by atoms with E-state index in [9.17, 15) is 24.1 Å². The van der Waals surface area contributed by atoms with Crippen molar-refractivity contribution in [3.63, 3.8) is 0 Å². The zero-order valence-corrected chi connectivity index (χ0v) is 19.1. The molecule has 4 aromatic rings. The van der Waals surface area contributed by atoms with Gasteiger partial charge in [-0.15, -0.1) is 0 Å². The molecule has 3 heterocycles. The molecule has 1 fully saturated rings. The molecule has 2 aliphatic rings. The van der Waals surface area contributed by atoms with Crippen LogP contribution in [0.4, 0.5) is 10.1 Å². The molecule has 0 unspecified atom stereocenters. The van der Waals surface area contributed by atoms with Gasteiger partial charge in [0.25, 0.3) is 5.69 Å². The first kappa shape index (κ1) is 22.0. The van der Waals surface area contributed by atoms with E-state index in [1.807, 2.05) is 24.3 Å². The van der Waals surface area contributed by atoms with Crippen LogP contribution in [0.3, 0.4) is 0 Å². The predicted octanol–water partition coefficient (Wildman–Crippen LogP) is 4.10. The smallest absolute Gasteiger partial charge is 0.269 e. The van der Waals surface area contributed by atoms with Crippen molar-refractivity contribution >= 4 is 28.4 Å². The zero-order chi connectivity index (χ0) is 25.0. The van der Waals surface area contributed by atoms with E-state index in [4.69, 9.17) is 0 Å². The number of nitrogens with zero attached hydrogens (tertiary/aromatic N) is 3. The number of nitro benzene ring substituents is 1. The third-order valence-corrected chi connectivity index (χ3v) is 7.03. The molecule has 9 heteroatoms. The molecule has 2 aliphatic heterocycles. The van der Waals surface area contributed by atoms with Crippen LogP contribution in [0.2, 0.25) is 0 Å². The molecule has 8 nitrogen and oxygen atoms in total. The van der Waals surface area contributed by atoms with E-state index in [-0.39, 0.29) is 36.4 Å². The van der Waals surface area contributed by atoms with Crippen molar-refractivity contribution in [1.29, 1.82) is 0 Å². The fraction of sp³-hybridized carbons (Fsp3) is 0.185. The monoisotopic (exact) mass is 484 g/mol. The van der Waals surface area contributed by atoms with Gasteiger partial charge in [0, 0.05) is 41.7 Å². The summed E-state index contributed by atoms with van der Waals surface area (Å²) in [7, 11) is 0. The molecule has 0 radical (unpaired) electrons. The van der Waals surface area contributed by atoms with Crippen LogP contribution in [0.1, 0.15) is 28.4 Å². The number of nitrogens with one attached hydrogen (secondary N) is 1. The third-order valence-electron chi connectivity index (χ3n) is 7.03. The lowest BCUT2D eigenvalue weighted by atomic mass is 9.86. The minimum absolute atomic E-state index is 0.0824. The molecule has 0 bridgehead atoms. The minimum atomic E-state index is -0.761. The number of amides is 2. The molecule has 1 N–H and O–H groups in total. The molecule has 0 aliphatic carbocycles. The van der Waals surface area contributed by atoms with Gasteiger partial charge in [0.1, 0.15) is 18.4 Å². The van der Waals surface area contributed by atoms with Crippen LogP contribution in [-0.2, 0) is 22.6 Å². The number of carbonyl (C=O) groups excluding carboxylic acids is 2. The lowest BCUT2D eigenvalue weighted by Gasteiger charge is -2.47. The highest BCUT2D eigenvalue weighted by Gasteiger charge is 2.48. The Labute approximate surface area is 205 Å². The predicted molar refractivity (Wildman–Crippen MR) is 129 cm³/mol. The standard InChI is InChI=1S/C27H21FN4O4/c28-18-10-8-16(9-11-18)14-30-15-24(33)31-23(27(30)34)13-21-20-6-1-2-7-22(20)29-25(21)26(31)17-4-3-5-19(12-17)32(35)36/h1-12,23,26,29H,13-15H2/t23-,26-/m1/s1. The molecule has 0 saturated carbocycles. The van der Waals surface area contributed by atoms with E-state index < -0.39 is 17.0 Å². The van der Waals surface area contributed by atoms with Crippen LogP contribution >= 0.6 is 0 Å². The number of piperazine rings is 1. The van der Waals surface area contributed by atoms with Crippen molar-refractivity contribution in [2.75, 3.05) is 6.54 Å². The van der Waals surface area contributed by atoms with E-state index in [1.165, 1.54) is 29.2 Å². The quantitative estimate of drug-likeness (QED) is 0.348. The highest BCUT2D eigenvalue weighted by Crippen LogP contribution is 2.43. The molecule has 2 atom stereocenters. The van der Waals surface area contributed by atoms with Gasteiger partial charge in [0.05, 0.1) is 11.0 Å². The van der Waals surface area contributed by atoms with Crippen LogP contribution in [0.25, 0.3) is 10.9 Å². The molecule has 1 saturated heterocycles. The van der Waals surface area contributed by atoms with Crippen LogP contribution in [-0.4, -0.2) is 44.1 Å². The molecule has 180 valence electrons. The molecule has 6 rings (SSSR count). The second kappa shape index (κ2) is 8.30. The largest absolute Gasteiger partial charge is 0.356 e. The lowest BCUT2D eigenvalue weighted by Crippen LogP contribution is -2.62. The molecule has 1 aromatic heterocycles. The molecule has 2 amide bonds. The number of para-hydroxylation sites is 1. The van der Waals surface area contributed by atoms with E-state index in [0.29, 0.717) is 12.0 Å². The van der Waals surface area contributed by atoms with Crippen molar-refractivity contribution in [3.05, 3.63) is 111 Å². The highest BCUT2D eigenvalue weighted by molar-refractivity contribution is 5.97. The summed E-state index contributed by atoms with van der Waals surface area (Å²) < 4.78 is 13.4. The van der Waals surface area contributed by atoms with E-state index in [1.54, 1.807) is 29.2 Å². The number of fused-ring (bicyclic) bond motifs is 4. The summed E-state index contributed by atoms with van der Waals surface area (Å²) in [5, 5.41) is 12.4. The van der Waals surface area contributed by atoms with Gasteiger partial charge in [-0.25, -0.2) is 4.39 Å². The van der Waals surface area contributed by atoms with Gasteiger partial charge >= 0.3 is 0 Å². The molecular formula is C27H21FN4O4. The third kappa shape index (κ3) is 3.51. The average Bonchev–Trinajstić information content (AvgIpc) is 3.25. The summed E-state index contributed by atoms with van der Waals surface area (Å²) >= 11 is 0. The van der Waals surface area contributed by atoms with Gasteiger partial charge in [-0.2, -0.15) is 0 Å². The minimum Gasteiger partial charge on any atom is -0.356 e. The van der Waals surface area contributed by atoms with E-state index in [2.05, 4.69) is 4.98 Å². The maximum atomic E-state index is 13.7. The second-order valence-corrected chi connectivity index (χ2v) is 9.16. The first-order valence-electron chi connectivity index (χ1n) is 11.6. The summed E-state index contributed by atoms with van der Waals surface area (Å²) in [6.07, 6.45) is 0.329. The first-order chi connectivity index (χ1) is 17.4. The number of aromatic amines is 1. The van der Waals surface area contributed by atoms with Crippen molar-refractivity contribution in [2.24, 2.45) is 0 Å². The van der Waals surface area contributed by atoms with Crippen molar-refractivity contribution in [3.8, 4) is 0 Å². The van der Waals surface area contributed by atoms with Gasteiger partial charge in [0.2, 0.25) is 11.8 Å². The molecular weight excluding hydrogens is 463 g/mol. The fourth-order valence-corrected chi connectivity index (χ4v) is 5.42. The maximum absolute atomic E-state index is 13.7. The second-order valence-electron chi connectivity index (χ2n) is 9.16. The molecule has 0 spiro atoms. The maximum Gasteiger partial charge on any atom is 0.269 e. The van der Waals surface area contributed by atoms with Crippen molar-refractivity contribution in [1.82, 2.24) is 14.8 Å². The number of aromatic nitrogens is 1. The number of H-pyrrole nitrogens is 1. The average molecular weight is 484 g/mol. The Kier molecular flexibility index (Phi) is 5.06. The normalized spacial score (nSPS) is 19.4. The number of non-ortho nitro benzene ring substituents is 1. The number of benzene rings is 3. The van der Waals surface area contributed by atoms with Crippen molar-refractivity contribution < 1.29 is 18.9 Å². The Hall–Kier alpha value is -4.53. The topological polar surface area (TPSA) is 99.5 Å². The Morgan fingerprint density at radius 1 is 1.03 bits per heavy atom. The summed E-state index contributed by atoms with van der Waals surface area (Å²) in [6.45, 7) is 0.0606.